The van der Waals surface area contributed by atoms with Crippen LogP contribution in [0.3, 0.4) is 0 Å². The normalized spacial score (nSPS) is 10.7. The van der Waals surface area contributed by atoms with Crippen LogP contribution in [-0.2, 0) is 17.8 Å². The topological polar surface area (TPSA) is 93.4 Å². The second-order valence-corrected chi connectivity index (χ2v) is 9.06. The Bertz CT molecular complexity index is 1350. The van der Waals surface area contributed by atoms with E-state index in [-0.39, 0.29) is 5.91 Å². The zero-order valence-corrected chi connectivity index (χ0v) is 21.4. The molecule has 0 unspecified atom stereocenters. The molecule has 1 amide bonds. The van der Waals surface area contributed by atoms with E-state index in [0.717, 1.165) is 40.9 Å². The number of nitrogens with one attached hydrogen (secondary N) is 1. The molecule has 7 nitrogen and oxygen atoms in total. The highest BCUT2D eigenvalue weighted by atomic mass is 79.9. The van der Waals surface area contributed by atoms with Crippen LogP contribution in [0.4, 0.5) is 0 Å². The van der Waals surface area contributed by atoms with E-state index in [4.69, 9.17) is 9.84 Å². The standard InChI is InChI=1S/C28H26BrN3O4/c1-2-6-25-23(17-31-32(25)22-7-4-3-5-8-22)28(35)30-16-19-9-11-20(12-10-19)21-13-14-26(24(29)15-21)36-18-27(33)34/h3-5,7-15,17H,2,6,16,18H2,1H3,(H,30,35)(H,33,34). The molecule has 4 rings (SSSR count). The van der Waals surface area contributed by atoms with Gasteiger partial charge >= 0.3 is 5.97 Å². The Balaban J connectivity index is 1.42. The van der Waals surface area contributed by atoms with Gasteiger partial charge in [0, 0.05) is 6.54 Å². The molecule has 2 N–H and O–H groups in total. The summed E-state index contributed by atoms with van der Waals surface area (Å²) >= 11 is 3.43. The molecule has 1 heterocycles. The van der Waals surface area contributed by atoms with Crippen LogP contribution < -0.4 is 10.1 Å². The fourth-order valence-corrected chi connectivity index (χ4v) is 4.36. The number of ether oxygens (including phenoxy) is 1. The molecule has 0 aliphatic rings. The van der Waals surface area contributed by atoms with E-state index in [1.54, 1.807) is 12.3 Å². The fourth-order valence-electron chi connectivity index (χ4n) is 3.86. The summed E-state index contributed by atoms with van der Waals surface area (Å²) in [5.74, 6) is -0.704. The molecule has 0 bridgehead atoms. The van der Waals surface area contributed by atoms with E-state index in [1.165, 1.54) is 0 Å². The maximum atomic E-state index is 13.0. The molecule has 3 aromatic carbocycles. The Hall–Kier alpha value is -3.91. The zero-order chi connectivity index (χ0) is 25.5. The molecule has 1 aromatic heterocycles. The summed E-state index contributed by atoms with van der Waals surface area (Å²) in [5.41, 5.74) is 5.34. The minimum atomic E-state index is -1.03. The number of aliphatic carboxylic acids is 1. The average molecular weight is 548 g/mol. The maximum absolute atomic E-state index is 13.0. The van der Waals surface area contributed by atoms with Gasteiger partial charge in [-0.15, -0.1) is 0 Å². The quantitative estimate of drug-likeness (QED) is 0.267. The number of para-hydroxylation sites is 1. The summed E-state index contributed by atoms with van der Waals surface area (Å²) in [5, 5.41) is 16.3. The highest BCUT2D eigenvalue weighted by Gasteiger charge is 2.17. The van der Waals surface area contributed by atoms with Crippen LogP contribution in [0.1, 0.15) is 35.0 Å². The van der Waals surface area contributed by atoms with Crippen molar-refractivity contribution in [1.29, 1.82) is 0 Å². The third kappa shape index (κ3) is 6.01. The molecule has 0 aliphatic heterocycles. The molecule has 0 radical (unpaired) electrons. The van der Waals surface area contributed by atoms with E-state index in [9.17, 15) is 9.59 Å². The van der Waals surface area contributed by atoms with Crippen molar-refractivity contribution in [3.8, 4) is 22.6 Å². The molecule has 0 atom stereocenters. The van der Waals surface area contributed by atoms with Gasteiger partial charge in [0.1, 0.15) is 5.75 Å². The number of carboxylic acids is 1. The van der Waals surface area contributed by atoms with Gasteiger partial charge in [0.15, 0.2) is 6.61 Å². The lowest BCUT2D eigenvalue weighted by Gasteiger charge is -2.10. The van der Waals surface area contributed by atoms with Gasteiger partial charge in [-0.05, 0) is 63.3 Å². The number of carbonyl (C=O) groups excluding carboxylic acids is 1. The summed E-state index contributed by atoms with van der Waals surface area (Å²) < 4.78 is 7.77. The smallest absolute Gasteiger partial charge is 0.341 e. The number of halogens is 1. The number of nitrogens with zero attached hydrogens (tertiary/aromatic N) is 2. The van der Waals surface area contributed by atoms with Gasteiger partial charge in [0.2, 0.25) is 0 Å². The minimum absolute atomic E-state index is 0.148. The predicted octanol–water partition coefficient (Wildman–Crippen LogP) is 5.65. The van der Waals surface area contributed by atoms with Crippen LogP contribution in [0.5, 0.6) is 5.75 Å². The third-order valence-electron chi connectivity index (χ3n) is 5.62. The SMILES string of the molecule is CCCc1c(C(=O)NCc2ccc(-c3ccc(OCC(=O)O)c(Br)c3)cc2)cnn1-c1ccccc1. The van der Waals surface area contributed by atoms with Crippen molar-refractivity contribution in [2.24, 2.45) is 0 Å². The molecule has 0 spiro atoms. The van der Waals surface area contributed by atoms with Crippen LogP contribution >= 0.6 is 15.9 Å². The minimum Gasteiger partial charge on any atom is -0.481 e. The monoisotopic (exact) mass is 547 g/mol. The van der Waals surface area contributed by atoms with Gasteiger partial charge in [-0.3, -0.25) is 4.79 Å². The van der Waals surface area contributed by atoms with Crippen LogP contribution in [0.25, 0.3) is 16.8 Å². The Labute approximate surface area is 217 Å². The molecule has 8 heteroatoms. The van der Waals surface area contributed by atoms with Gasteiger partial charge in [-0.1, -0.05) is 61.9 Å². The Morgan fingerprint density at radius 1 is 1.03 bits per heavy atom. The first-order valence-corrected chi connectivity index (χ1v) is 12.4. The number of aromatic nitrogens is 2. The van der Waals surface area contributed by atoms with Gasteiger partial charge < -0.3 is 15.2 Å². The summed E-state index contributed by atoms with van der Waals surface area (Å²) in [7, 11) is 0. The van der Waals surface area contributed by atoms with Crippen molar-refractivity contribution in [3.05, 3.63) is 100 Å². The first kappa shape index (κ1) is 25.2. The van der Waals surface area contributed by atoms with Crippen LogP contribution in [0.2, 0.25) is 0 Å². The first-order valence-electron chi connectivity index (χ1n) is 11.6. The lowest BCUT2D eigenvalue weighted by molar-refractivity contribution is -0.139. The number of hydrogen-bond donors (Lipinski definition) is 2. The van der Waals surface area contributed by atoms with E-state index in [1.807, 2.05) is 71.4 Å². The number of rotatable bonds is 10. The molecule has 36 heavy (non-hydrogen) atoms. The van der Waals surface area contributed by atoms with Crippen LogP contribution in [0.15, 0.2) is 83.5 Å². The fraction of sp³-hybridized carbons (Fsp3) is 0.179. The number of carbonyl (C=O) groups is 2. The van der Waals surface area contributed by atoms with E-state index in [0.29, 0.717) is 22.3 Å². The molecule has 0 aliphatic carbocycles. The van der Waals surface area contributed by atoms with Crippen molar-refractivity contribution in [3.63, 3.8) is 0 Å². The lowest BCUT2D eigenvalue weighted by atomic mass is 10.0. The first-order chi connectivity index (χ1) is 17.5. The highest BCUT2D eigenvalue weighted by Crippen LogP contribution is 2.31. The van der Waals surface area contributed by atoms with Gasteiger partial charge in [0.05, 0.1) is 27.6 Å². The summed E-state index contributed by atoms with van der Waals surface area (Å²) in [6, 6.07) is 23.2. The Morgan fingerprint density at radius 2 is 1.75 bits per heavy atom. The second kappa shape index (κ2) is 11.7. The van der Waals surface area contributed by atoms with Crippen LogP contribution in [0, 0.1) is 0 Å². The van der Waals surface area contributed by atoms with Crippen molar-refractivity contribution in [2.45, 2.75) is 26.3 Å². The van der Waals surface area contributed by atoms with Crippen molar-refractivity contribution in [1.82, 2.24) is 15.1 Å². The molecule has 0 saturated carbocycles. The van der Waals surface area contributed by atoms with Gasteiger partial charge in [-0.25, -0.2) is 9.48 Å². The molecular weight excluding hydrogens is 522 g/mol. The molecule has 184 valence electrons. The van der Waals surface area contributed by atoms with E-state index < -0.39 is 12.6 Å². The lowest BCUT2D eigenvalue weighted by Crippen LogP contribution is -2.23. The maximum Gasteiger partial charge on any atom is 0.341 e. The molecular formula is C28H26BrN3O4. The average Bonchev–Trinajstić information content (AvgIpc) is 3.31. The number of amides is 1. The van der Waals surface area contributed by atoms with Crippen LogP contribution in [-0.4, -0.2) is 33.4 Å². The largest absolute Gasteiger partial charge is 0.481 e. The summed E-state index contributed by atoms with van der Waals surface area (Å²) in [6.07, 6.45) is 3.29. The molecule has 0 saturated heterocycles. The van der Waals surface area contributed by atoms with E-state index >= 15 is 0 Å². The predicted molar refractivity (Wildman–Crippen MR) is 141 cm³/mol. The highest BCUT2D eigenvalue weighted by molar-refractivity contribution is 9.10. The summed E-state index contributed by atoms with van der Waals surface area (Å²) in [4.78, 5) is 23.7. The summed E-state index contributed by atoms with van der Waals surface area (Å²) in [6.45, 7) is 2.08. The third-order valence-corrected chi connectivity index (χ3v) is 6.24. The molecule has 4 aromatic rings. The van der Waals surface area contributed by atoms with Gasteiger partial charge in [-0.2, -0.15) is 5.10 Å². The number of benzene rings is 3. The van der Waals surface area contributed by atoms with Crippen molar-refractivity contribution >= 4 is 27.8 Å². The molecule has 0 fully saturated rings. The zero-order valence-electron chi connectivity index (χ0n) is 19.8. The number of carboxylic acid groups (broad SMARTS) is 1. The van der Waals surface area contributed by atoms with E-state index in [2.05, 4.69) is 33.3 Å². The second-order valence-electron chi connectivity index (χ2n) is 8.21. The Morgan fingerprint density at radius 3 is 2.42 bits per heavy atom. The van der Waals surface area contributed by atoms with Crippen molar-refractivity contribution in [2.75, 3.05) is 6.61 Å². The Kier molecular flexibility index (Phi) is 8.17. The number of hydrogen-bond acceptors (Lipinski definition) is 4. The van der Waals surface area contributed by atoms with Crippen molar-refractivity contribution < 1.29 is 19.4 Å². The van der Waals surface area contributed by atoms with Gasteiger partial charge in [0.25, 0.3) is 5.91 Å².